The molecule has 1 atom stereocenters. The van der Waals surface area contributed by atoms with Crippen LogP contribution in [0.15, 0.2) is 18.5 Å². The summed E-state index contributed by atoms with van der Waals surface area (Å²) < 4.78 is 1.85. The molecule has 1 unspecified atom stereocenters. The lowest BCUT2D eigenvalue weighted by molar-refractivity contribution is 0.460. The van der Waals surface area contributed by atoms with Gasteiger partial charge >= 0.3 is 0 Å². The molecule has 0 aromatic carbocycles. The smallest absolute Gasteiger partial charge is 0.157 e. The highest BCUT2D eigenvalue weighted by atomic mass is 15.3. The van der Waals surface area contributed by atoms with Crippen LogP contribution in [0.3, 0.4) is 0 Å². The third kappa shape index (κ3) is 2.42. The maximum atomic E-state index is 5.95. The Hall–Kier alpha value is -1.62. The molecule has 5 heteroatoms. The number of aryl methyl sites for hydroxylation is 1. The number of rotatable bonds is 4. The van der Waals surface area contributed by atoms with E-state index >= 15 is 0 Å². The Kier molecular flexibility index (Phi) is 3.38. The highest BCUT2D eigenvalue weighted by Gasteiger charge is 2.24. The molecule has 1 saturated carbocycles. The van der Waals surface area contributed by atoms with E-state index < -0.39 is 0 Å². The number of hydrogen-bond acceptors (Lipinski definition) is 4. The Morgan fingerprint density at radius 1 is 1.42 bits per heavy atom. The van der Waals surface area contributed by atoms with Crippen LogP contribution in [0, 0.1) is 12.8 Å². The van der Waals surface area contributed by atoms with Crippen LogP contribution in [0.25, 0.3) is 5.65 Å². The van der Waals surface area contributed by atoms with Crippen LogP contribution in [-0.2, 0) is 0 Å². The SMILES string of the molecule is Cc1cc(NC(CN)C2CCCC2)n2ncnc2c1. The maximum Gasteiger partial charge on any atom is 0.157 e. The largest absolute Gasteiger partial charge is 0.366 e. The maximum absolute atomic E-state index is 5.95. The van der Waals surface area contributed by atoms with Crippen LogP contribution in [0.1, 0.15) is 31.2 Å². The Morgan fingerprint density at radius 3 is 2.95 bits per heavy atom. The summed E-state index contributed by atoms with van der Waals surface area (Å²) in [5.41, 5.74) is 8.01. The normalized spacial score (nSPS) is 18.0. The quantitative estimate of drug-likeness (QED) is 0.881. The minimum absolute atomic E-state index is 0.330. The molecule has 2 heterocycles. The molecule has 0 amide bonds. The molecule has 2 aromatic rings. The topological polar surface area (TPSA) is 68.2 Å². The van der Waals surface area contributed by atoms with Crippen LogP contribution in [0.5, 0.6) is 0 Å². The van der Waals surface area contributed by atoms with Gasteiger partial charge in [0.1, 0.15) is 12.1 Å². The van der Waals surface area contributed by atoms with Crippen molar-refractivity contribution >= 4 is 11.5 Å². The first-order valence-electron chi connectivity index (χ1n) is 7.05. The number of nitrogens with two attached hydrogens (primary N) is 1. The summed E-state index contributed by atoms with van der Waals surface area (Å²) in [7, 11) is 0. The van der Waals surface area contributed by atoms with Gasteiger partial charge in [0.15, 0.2) is 5.65 Å². The summed E-state index contributed by atoms with van der Waals surface area (Å²) in [6.45, 7) is 2.74. The van der Waals surface area contributed by atoms with Crippen molar-refractivity contribution in [3.05, 3.63) is 24.0 Å². The van der Waals surface area contributed by atoms with E-state index in [9.17, 15) is 0 Å². The Morgan fingerprint density at radius 2 is 2.21 bits per heavy atom. The molecule has 0 spiro atoms. The Bertz CT molecular complexity index is 556. The molecule has 3 N–H and O–H groups in total. The molecule has 1 fully saturated rings. The van der Waals surface area contributed by atoms with Gasteiger partial charge in [0.25, 0.3) is 0 Å². The molecule has 2 aromatic heterocycles. The van der Waals surface area contributed by atoms with Gasteiger partial charge in [-0.25, -0.2) is 4.98 Å². The number of pyridine rings is 1. The first-order valence-corrected chi connectivity index (χ1v) is 7.05. The number of fused-ring (bicyclic) bond motifs is 1. The van der Waals surface area contributed by atoms with Crippen molar-refractivity contribution in [3.8, 4) is 0 Å². The fourth-order valence-corrected chi connectivity index (χ4v) is 3.08. The first-order chi connectivity index (χ1) is 9.28. The van der Waals surface area contributed by atoms with E-state index in [4.69, 9.17) is 5.73 Å². The summed E-state index contributed by atoms with van der Waals surface area (Å²) in [4.78, 5) is 4.25. The van der Waals surface area contributed by atoms with Gasteiger partial charge in [-0.05, 0) is 43.4 Å². The highest BCUT2D eigenvalue weighted by molar-refractivity contribution is 5.51. The average molecular weight is 259 g/mol. The molecule has 1 aliphatic rings. The molecule has 3 rings (SSSR count). The lowest BCUT2D eigenvalue weighted by Gasteiger charge is -2.24. The van der Waals surface area contributed by atoms with E-state index in [1.54, 1.807) is 6.33 Å². The molecule has 0 radical (unpaired) electrons. The van der Waals surface area contributed by atoms with E-state index in [0.29, 0.717) is 18.5 Å². The van der Waals surface area contributed by atoms with Gasteiger partial charge in [-0.15, -0.1) is 0 Å². The summed E-state index contributed by atoms with van der Waals surface area (Å²) in [5.74, 6) is 1.68. The zero-order valence-electron chi connectivity index (χ0n) is 11.3. The minimum Gasteiger partial charge on any atom is -0.366 e. The molecular weight excluding hydrogens is 238 g/mol. The monoisotopic (exact) mass is 259 g/mol. The third-order valence-corrected chi connectivity index (χ3v) is 4.08. The van der Waals surface area contributed by atoms with Crippen molar-refractivity contribution in [2.24, 2.45) is 11.7 Å². The number of aromatic nitrogens is 3. The van der Waals surface area contributed by atoms with Gasteiger partial charge in [-0.2, -0.15) is 9.61 Å². The van der Waals surface area contributed by atoms with Crippen molar-refractivity contribution in [2.45, 2.75) is 38.6 Å². The van der Waals surface area contributed by atoms with Gasteiger partial charge < -0.3 is 11.1 Å². The molecule has 19 heavy (non-hydrogen) atoms. The minimum atomic E-state index is 0.330. The first kappa shape index (κ1) is 12.4. The molecular formula is C14H21N5. The number of hydrogen-bond donors (Lipinski definition) is 2. The molecule has 0 saturated heterocycles. The van der Waals surface area contributed by atoms with Gasteiger partial charge in [-0.1, -0.05) is 12.8 Å². The molecule has 5 nitrogen and oxygen atoms in total. The summed E-state index contributed by atoms with van der Waals surface area (Å²) in [5, 5.41) is 7.85. The van der Waals surface area contributed by atoms with E-state index in [1.807, 2.05) is 10.6 Å². The van der Waals surface area contributed by atoms with Crippen molar-refractivity contribution in [2.75, 3.05) is 11.9 Å². The van der Waals surface area contributed by atoms with Crippen LogP contribution in [0.4, 0.5) is 5.82 Å². The van der Waals surface area contributed by atoms with E-state index in [-0.39, 0.29) is 0 Å². The average Bonchev–Trinajstić information content (AvgIpc) is 3.05. The number of anilines is 1. The third-order valence-electron chi connectivity index (χ3n) is 4.08. The summed E-state index contributed by atoms with van der Waals surface area (Å²) >= 11 is 0. The Balaban J connectivity index is 1.88. The highest BCUT2D eigenvalue weighted by Crippen LogP contribution is 2.29. The molecule has 102 valence electrons. The van der Waals surface area contributed by atoms with Gasteiger partial charge in [0.05, 0.1) is 0 Å². The summed E-state index contributed by atoms with van der Waals surface area (Å²) in [6.07, 6.45) is 6.81. The predicted octanol–water partition coefficient (Wildman–Crippen LogP) is 1.97. The van der Waals surface area contributed by atoms with Crippen LogP contribution < -0.4 is 11.1 Å². The predicted molar refractivity (Wildman–Crippen MR) is 76.1 cm³/mol. The fraction of sp³-hybridized carbons (Fsp3) is 0.571. The standard InChI is InChI=1S/C14H21N5/c1-10-6-13-16-9-17-19(13)14(7-10)18-12(8-15)11-4-2-3-5-11/h6-7,9,11-12,18H,2-5,8,15H2,1H3. The van der Waals surface area contributed by atoms with Crippen LogP contribution in [0.2, 0.25) is 0 Å². The zero-order valence-corrected chi connectivity index (χ0v) is 11.3. The second kappa shape index (κ2) is 5.17. The van der Waals surface area contributed by atoms with Gasteiger partial charge in [-0.3, -0.25) is 0 Å². The lowest BCUT2D eigenvalue weighted by atomic mass is 9.98. The van der Waals surface area contributed by atoms with Crippen molar-refractivity contribution in [1.82, 2.24) is 14.6 Å². The molecule has 0 bridgehead atoms. The van der Waals surface area contributed by atoms with E-state index in [2.05, 4.69) is 28.4 Å². The Labute approximate surface area is 113 Å². The van der Waals surface area contributed by atoms with Crippen molar-refractivity contribution in [1.29, 1.82) is 0 Å². The van der Waals surface area contributed by atoms with Gasteiger partial charge in [0, 0.05) is 12.6 Å². The zero-order chi connectivity index (χ0) is 13.2. The number of nitrogens with one attached hydrogen (secondary N) is 1. The van der Waals surface area contributed by atoms with Crippen molar-refractivity contribution < 1.29 is 0 Å². The van der Waals surface area contributed by atoms with Crippen molar-refractivity contribution in [3.63, 3.8) is 0 Å². The number of nitrogens with zero attached hydrogens (tertiary/aromatic N) is 3. The second-order valence-corrected chi connectivity index (χ2v) is 5.48. The van der Waals surface area contributed by atoms with Crippen LogP contribution >= 0.6 is 0 Å². The summed E-state index contributed by atoms with van der Waals surface area (Å²) in [6, 6.07) is 4.47. The molecule has 0 aliphatic heterocycles. The van der Waals surface area contributed by atoms with E-state index in [0.717, 1.165) is 11.5 Å². The van der Waals surface area contributed by atoms with Crippen LogP contribution in [-0.4, -0.2) is 27.2 Å². The fourth-order valence-electron chi connectivity index (χ4n) is 3.08. The van der Waals surface area contributed by atoms with E-state index in [1.165, 1.54) is 31.2 Å². The lowest BCUT2D eigenvalue weighted by Crippen LogP contribution is -2.35. The second-order valence-electron chi connectivity index (χ2n) is 5.48. The van der Waals surface area contributed by atoms with Gasteiger partial charge in [0.2, 0.25) is 0 Å². The molecule has 1 aliphatic carbocycles.